The summed E-state index contributed by atoms with van der Waals surface area (Å²) in [6.07, 6.45) is 1.16. The molecule has 1 aromatic rings. The second-order valence-electron chi connectivity index (χ2n) is 4.91. The monoisotopic (exact) mass is 275 g/mol. The van der Waals surface area contributed by atoms with Gasteiger partial charge >= 0.3 is 0 Å². The van der Waals surface area contributed by atoms with Gasteiger partial charge in [0.05, 0.1) is 0 Å². The highest BCUT2D eigenvalue weighted by atomic mass is 16.2. The first-order valence-corrected chi connectivity index (χ1v) is 6.47. The Morgan fingerprint density at radius 3 is 2.20 bits per heavy atom. The Hall–Kier alpha value is -2.37. The van der Waals surface area contributed by atoms with E-state index in [0.29, 0.717) is 37.1 Å². The zero-order valence-corrected chi connectivity index (χ0v) is 11.0. The van der Waals surface area contributed by atoms with Gasteiger partial charge in [0.25, 0.3) is 5.91 Å². The van der Waals surface area contributed by atoms with Gasteiger partial charge < -0.3 is 16.4 Å². The van der Waals surface area contributed by atoms with E-state index in [-0.39, 0.29) is 17.7 Å². The molecule has 6 heteroatoms. The molecule has 0 aromatic heterocycles. The second kappa shape index (κ2) is 5.73. The number of carbonyl (C=O) groups is 3. The lowest BCUT2D eigenvalue weighted by Crippen LogP contribution is -2.41. The number of nitrogens with zero attached hydrogens (tertiary/aromatic N) is 1. The van der Waals surface area contributed by atoms with Crippen molar-refractivity contribution in [2.24, 2.45) is 17.4 Å². The SMILES string of the molecule is NC(=O)c1cccc(C(=O)N2CCC(C(N)=O)CC2)c1. The molecule has 1 aromatic carbocycles. The van der Waals surface area contributed by atoms with Crippen LogP contribution in [0.25, 0.3) is 0 Å². The van der Waals surface area contributed by atoms with Crippen LogP contribution in [0.1, 0.15) is 33.6 Å². The normalized spacial score (nSPS) is 15.9. The summed E-state index contributed by atoms with van der Waals surface area (Å²) >= 11 is 0. The van der Waals surface area contributed by atoms with Crippen LogP contribution in [0.5, 0.6) is 0 Å². The van der Waals surface area contributed by atoms with Gasteiger partial charge in [-0.2, -0.15) is 0 Å². The lowest BCUT2D eigenvalue weighted by molar-refractivity contribution is -0.123. The minimum absolute atomic E-state index is 0.156. The molecular weight excluding hydrogens is 258 g/mol. The summed E-state index contributed by atoms with van der Waals surface area (Å²) in [7, 11) is 0. The van der Waals surface area contributed by atoms with Crippen LogP contribution in [0, 0.1) is 5.92 Å². The third kappa shape index (κ3) is 2.96. The molecule has 0 unspecified atom stereocenters. The van der Waals surface area contributed by atoms with Gasteiger partial charge in [-0.25, -0.2) is 0 Å². The van der Waals surface area contributed by atoms with Gasteiger partial charge in [0.2, 0.25) is 11.8 Å². The number of benzene rings is 1. The molecule has 0 saturated carbocycles. The molecular formula is C14H17N3O3. The molecule has 0 aliphatic carbocycles. The third-order valence-corrected chi connectivity index (χ3v) is 3.58. The van der Waals surface area contributed by atoms with Crippen LogP contribution in [-0.4, -0.2) is 35.7 Å². The topological polar surface area (TPSA) is 106 Å². The van der Waals surface area contributed by atoms with Gasteiger partial charge in [-0.05, 0) is 31.0 Å². The van der Waals surface area contributed by atoms with Crippen LogP contribution in [0.4, 0.5) is 0 Å². The summed E-state index contributed by atoms with van der Waals surface area (Å²) in [5.41, 5.74) is 11.2. The predicted octanol–water partition coefficient (Wildman–Crippen LogP) is 0.123. The summed E-state index contributed by atoms with van der Waals surface area (Å²) in [4.78, 5) is 36.2. The van der Waals surface area contributed by atoms with Gasteiger partial charge in [0, 0.05) is 30.1 Å². The molecule has 0 radical (unpaired) electrons. The van der Waals surface area contributed by atoms with E-state index in [1.54, 1.807) is 23.1 Å². The number of hydrogen-bond donors (Lipinski definition) is 2. The summed E-state index contributed by atoms with van der Waals surface area (Å²) in [5.74, 6) is -1.19. The average molecular weight is 275 g/mol. The number of primary amides is 2. The van der Waals surface area contributed by atoms with Crippen molar-refractivity contribution in [1.82, 2.24) is 4.90 Å². The number of nitrogens with two attached hydrogens (primary N) is 2. The highest BCUT2D eigenvalue weighted by Crippen LogP contribution is 2.19. The van der Waals surface area contributed by atoms with E-state index in [4.69, 9.17) is 11.5 Å². The predicted molar refractivity (Wildman–Crippen MR) is 72.8 cm³/mol. The van der Waals surface area contributed by atoms with Crippen LogP contribution in [0.3, 0.4) is 0 Å². The fraction of sp³-hybridized carbons (Fsp3) is 0.357. The average Bonchev–Trinajstić information content (AvgIpc) is 2.46. The quantitative estimate of drug-likeness (QED) is 0.818. The zero-order valence-electron chi connectivity index (χ0n) is 11.0. The minimum atomic E-state index is -0.563. The highest BCUT2D eigenvalue weighted by molar-refractivity contribution is 5.99. The van der Waals surface area contributed by atoms with Crippen molar-refractivity contribution in [3.05, 3.63) is 35.4 Å². The van der Waals surface area contributed by atoms with Crippen molar-refractivity contribution < 1.29 is 14.4 Å². The van der Waals surface area contributed by atoms with Crippen LogP contribution in [-0.2, 0) is 4.79 Å². The van der Waals surface area contributed by atoms with E-state index in [2.05, 4.69) is 0 Å². The number of likely N-dealkylation sites (tertiary alicyclic amines) is 1. The number of rotatable bonds is 3. The van der Waals surface area contributed by atoms with Gasteiger partial charge in [0.1, 0.15) is 0 Å². The lowest BCUT2D eigenvalue weighted by Gasteiger charge is -2.30. The highest BCUT2D eigenvalue weighted by Gasteiger charge is 2.26. The molecule has 0 spiro atoms. The number of amides is 3. The molecule has 2 rings (SSSR count). The Morgan fingerprint density at radius 2 is 1.65 bits per heavy atom. The summed E-state index contributed by atoms with van der Waals surface area (Å²) in [5, 5.41) is 0. The maximum absolute atomic E-state index is 12.3. The van der Waals surface area contributed by atoms with Gasteiger partial charge in [0.15, 0.2) is 0 Å². The number of carbonyl (C=O) groups excluding carboxylic acids is 3. The molecule has 6 nitrogen and oxygen atoms in total. The van der Waals surface area contributed by atoms with Crippen molar-refractivity contribution in [2.45, 2.75) is 12.8 Å². The standard InChI is InChI=1S/C14H17N3O3/c15-12(18)9-4-6-17(7-5-9)14(20)11-3-1-2-10(8-11)13(16)19/h1-3,8-9H,4-7H2,(H2,15,18)(H2,16,19). The Bertz CT molecular complexity index is 548. The van der Waals surface area contributed by atoms with Crippen molar-refractivity contribution >= 4 is 17.7 Å². The minimum Gasteiger partial charge on any atom is -0.369 e. The largest absolute Gasteiger partial charge is 0.369 e. The maximum atomic E-state index is 12.3. The Kier molecular flexibility index (Phi) is 4.02. The molecule has 1 aliphatic heterocycles. The van der Waals surface area contributed by atoms with E-state index in [9.17, 15) is 14.4 Å². The molecule has 106 valence electrons. The van der Waals surface area contributed by atoms with Crippen LogP contribution in [0.15, 0.2) is 24.3 Å². The number of piperidine rings is 1. The number of hydrogen-bond acceptors (Lipinski definition) is 3. The Labute approximate surface area is 116 Å². The summed E-state index contributed by atoms with van der Waals surface area (Å²) in [6.45, 7) is 0.987. The van der Waals surface area contributed by atoms with Crippen molar-refractivity contribution in [3.63, 3.8) is 0 Å². The molecule has 3 amide bonds. The molecule has 1 saturated heterocycles. The molecule has 4 N–H and O–H groups in total. The summed E-state index contributed by atoms with van der Waals surface area (Å²) < 4.78 is 0. The van der Waals surface area contributed by atoms with Crippen LogP contribution >= 0.6 is 0 Å². The van der Waals surface area contributed by atoms with E-state index in [1.807, 2.05) is 0 Å². The molecule has 1 fully saturated rings. The lowest BCUT2D eigenvalue weighted by atomic mass is 9.95. The van der Waals surface area contributed by atoms with Crippen LogP contribution in [0.2, 0.25) is 0 Å². The van der Waals surface area contributed by atoms with Gasteiger partial charge in [-0.15, -0.1) is 0 Å². The molecule has 1 aliphatic rings. The molecule has 20 heavy (non-hydrogen) atoms. The molecule has 0 bridgehead atoms. The van der Waals surface area contributed by atoms with E-state index >= 15 is 0 Å². The van der Waals surface area contributed by atoms with Gasteiger partial charge in [-0.3, -0.25) is 14.4 Å². The van der Waals surface area contributed by atoms with Crippen molar-refractivity contribution in [2.75, 3.05) is 13.1 Å². The zero-order chi connectivity index (χ0) is 14.7. The first-order chi connectivity index (χ1) is 9.49. The molecule has 0 atom stereocenters. The first kappa shape index (κ1) is 14.0. The van der Waals surface area contributed by atoms with E-state index in [0.717, 1.165) is 0 Å². The fourth-order valence-corrected chi connectivity index (χ4v) is 2.36. The van der Waals surface area contributed by atoms with E-state index < -0.39 is 5.91 Å². The van der Waals surface area contributed by atoms with E-state index in [1.165, 1.54) is 6.07 Å². The maximum Gasteiger partial charge on any atom is 0.253 e. The first-order valence-electron chi connectivity index (χ1n) is 6.47. The molecule has 1 heterocycles. The fourth-order valence-electron chi connectivity index (χ4n) is 2.36. The third-order valence-electron chi connectivity index (χ3n) is 3.58. The van der Waals surface area contributed by atoms with Crippen LogP contribution < -0.4 is 11.5 Å². The van der Waals surface area contributed by atoms with Crippen molar-refractivity contribution in [3.8, 4) is 0 Å². The summed E-state index contributed by atoms with van der Waals surface area (Å²) in [6, 6.07) is 6.34. The Morgan fingerprint density at radius 1 is 1.05 bits per heavy atom. The second-order valence-corrected chi connectivity index (χ2v) is 4.91. The van der Waals surface area contributed by atoms with Gasteiger partial charge in [-0.1, -0.05) is 6.07 Å². The Balaban J connectivity index is 2.07. The van der Waals surface area contributed by atoms with Crippen molar-refractivity contribution in [1.29, 1.82) is 0 Å². The smallest absolute Gasteiger partial charge is 0.253 e.